The van der Waals surface area contributed by atoms with Crippen LogP contribution < -0.4 is 5.32 Å². The number of hydrogen-bond acceptors (Lipinski definition) is 4. The highest BCUT2D eigenvalue weighted by Gasteiger charge is 2.23. The monoisotopic (exact) mass is 394 g/mol. The Labute approximate surface area is 170 Å². The number of nitrogens with one attached hydrogen (secondary N) is 1. The Morgan fingerprint density at radius 1 is 1.18 bits per heavy atom. The molecule has 5 nitrogen and oxygen atoms in total. The van der Waals surface area contributed by atoms with E-state index in [4.69, 9.17) is 11.6 Å². The lowest BCUT2D eigenvalue weighted by atomic mass is 10.2. The van der Waals surface area contributed by atoms with Crippen molar-refractivity contribution in [1.82, 2.24) is 9.80 Å². The van der Waals surface area contributed by atoms with Gasteiger partial charge in [0.05, 0.1) is 0 Å². The second kappa shape index (κ2) is 9.41. The number of rotatable bonds is 5. The summed E-state index contributed by atoms with van der Waals surface area (Å²) in [5.74, 6) is -0.235. The minimum atomic E-state index is -0.235. The van der Waals surface area contributed by atoms with Gasteiger partial charge in [0, 0.05) is 49.6 Å². The molecule has 6 heteroatoms. The maximum Gasteiger partial charge on any atom is 0.266 e. The lowest BCUT2D eigenvalue weighted by molar-refractivity contribution is -0.128. The lowest BCUT2D eigenvalue weighted by Gasteiger charge is -2.34. The second-order valence-corrected chi connectivity index (χ2v) is 7.26. The molecule has 1 N–H and O–H groups in total. The molecular weight excluding hydrogens is 372 g/mol. The zero-order valence-electron chi connectivity index (χ0n) is 15.9. The summed E-state index contributed by atoms with van der Waals surface area (Å²) in [6, 6.07) is 17.7. The molecule has 0 radical (unpaired) electrons. The van der Waals surface area contributed by atoms with Crippen molar-refractivity contribution < 1.29 is 4.79 Å². The molecule has 0 atom stereocenters. The molecule has 1 aliphatic rings. The summed E-state index contributed by atoms with van der Waals surface area (Å²) in [5, 5.41) is 13.1. The number of nitrogens with zero attached hydrogens (tertiary/aromatic N) is 3. The van der Waals surface area contributed by atoms with E-state index in [0.717, 1.165) is 30.9 Å². The number of amides is 1. The number of carbonyl (C=O) groups excluding carboxylic acids is 1. The molecule has 1 heterocycles. The molecule has 28 heavy (non-hydrogen) atoms. The Bertz CT molecular complexity index is 896. The van der Waals surface area contributed by atoms with Crippen LogP contribution in [0, 0.1) is 18.3 Å². The smallest absolute Gasteiger partial charge is 0.266 e. The van der Waals surface area contributed by atoms with Crippen LogP contribution >= 0.6 is 11.6 Å². The van der Waals surface area contributed by atoms with Gasteiger partial charge in [-0.3, -0.25) is 9.69 Å². The quantitative estimate of drug-likeness (QED) is 0.618. The van der Waals surface area contributed by atoms with E-state index >= 15 is 0 Å². The molecule has 0 aromatic heterocycles. The molecule has 144 valence electrons. The Kier molecular flexibility index (Phi) is 6.70. The van der Waals surface area contributed by atoms with E-state index in [9.17, 15) is 10.1 Å². The minimum absolute atomic E-state index is 0.103. The van der Waals surface area contributed by atoms with E-state index in [2.05, 4.69) is 22.3 Å². The first-order valence-corrected chi connectivity index (χ1v) is 9.63. The van der Waals surface area contributed by atoms with Crippen molar-refractivity contribution in [1.29, 1.82) is 5.26 Å². The molecule has 0 saturated carbocycles. The maximum atomic E-state index is 12.7. The van der Waals surface area contributed by atoms with Crippen molar-refractivity contribution in [3.8, 4) is 6.07 Å². The predicted molar refractivity (Wildman–Crippen MR) is 112 cm³/mol. The van der Waals surface area contributed by atoms with Crippen molar-refractivity contribution in [3.05, 3.63) is 76.5 Å². The maximum absolute atomic E-state index is 12.7. The van der Waals surface area contributed by atoms with E-state index in [0.29, 0.717) is 18.1 Å². The number of carbonyl (C=O) groups is 1. The van der Waals surface area contributed by atoms with E-state index in [1.165, 1.54) is 11.8 Å². The third-order valence-corrected chi connectivity index (χ3v) is 5.05. The number of nitriles is 1. The number of aryl methyl sites for hydroxylation is 1. The first-order valence-electron chi connectivity index (χ1n) is 9.25. The topological polar surface area (TPSA) is 59.4 Å². The van der Waals surface area contributed by atoms with Crippen LogP contribution in [-0.4, -0.2) is 41.9 Å². The molecule has 0 bridgehead atoms. The third-order valence-electron chi connectivity index (χ3n) is 4.82. The van der Waals surface area contributed by atoms with Crippen molar-refractivity contribution >= 4 is 23.2 Å². The van der Waals surface area contributed by atoms with Crippen LogP contribution in [0.5, 0.6) is 0 Å². The van der Waals surface area contributed by atoms with Gasteiger partial charge in [0.25, 0.3) is 5.91 Å². The van der Waals surface area contributed by atoms with Crippen LogP contribution in [0.25, 0.3) is 0 Å². The van der Waals surface area contributed by atoms with Gasteiger partial charge in [0.15, 0.2) is 0 Å². The fourth-order valence-corrected chi connectivity index (χ4v) is 3.43. The first-order chi connectivity index (χ1) is 13.6. The van der Waals surface area contributed by atoms with Crippen molar-refractivity contribution in [2.75, 3.05) is 31.5 Å². The number of halogens is 1. The average molecular weight is 395 g/mol. The van der Waals surface area contributed by atoms with E-state index in [-0.39, 0.29) is 11.5 Å². The van der Waals surface area contributed by atoms with Gasteiger partial charge in [0.2, 0.25) is 0 Å². The van der Waals surface area contributed by atoms with Crippen LogP contribution in [0.15, 0.2) is 60.3 Å². The van der Waals surface area contributed by atoms with Gasteiger partial charge in [-0.2, -0.15) is 5.26 Å². The normalized spacial score (nSPS) is 15.2. The largest absolute Gasteiger partial charge is 0.360 e. The zero-order valence-corrected chi connectivity index (χ0v) is 16.6. The number of benzene rings is 2. The molecular formula is C22H23ClN4O. The number of piperazine rings is 1. The summed E-state index contributed by atoms with van der Waals surface area (Å²) in [5.41, 5.74) is 3.13. The Hall–Kier alpha value is -2.81. The fourth-order valence-electron chi connectivity index (χ4n) is 3.20. The van der Waals surface area contributed by atoms with Gasteiger partial charge in [-0.25, -0.2) is 0 Å². The highest BCUT2D eigenvalue weighted by atomic mass is 35.5. The Morgan fingerprint density at radius 2 is 1.89 bits per heavy atom. The summed E-state index contributed by atoms with van der Waals surface area (Å²) in [6.07, 6.45) is 1.48. The highest BCUT2D eigenvalue weighted by Crippen LogP contribution is 2.20. The van der Waals surface area contributed by atoms with Gasteiger partial charge in [-0.15, -0.1) is 0 Å². The molecule has 3 rings (SSSR count). The zero-order chi connectivity index (χ0) is 19.9. The Balaban J connectivity index is 1.57. The summed E-state index contributed by atoms with van der Waals surface area (Å²) in [4.78, 5) is 16.8. The van der Waals surface area contributed by atoms with Crippen LogP contribution in [0.3, 0.4) is 0 Å². The van der Waals surface area contributed by atoms with Crippen molar-refractivity contribution in [2.45, 2.75) is 13.5 Å². The Morgan fingerprint density at radius 3 is 2.54 bits per heavy atom. The van der Waals surface area contributed by atoms with Crippen LogP contribution in [-0.2, 0) is 11.3 Å². The van der Waals surface area contributed by atoms with Gasteiger partial charge in [-0.1, -0.05) is 41.9 Å². The molecule has 1 amide bonds. The van der Waals surface area contributed by atoms with Crippen molar-refractivity contribution in [3.63, 3.8) is 0 Å². The number of hydrogen-bond donors (Lipinski definition) is 1. The molecule has 1 saturated heterocycles. The molecule has 1 aliphatic heterocycles. The lowest BCUT2D eigenvalue weighted by Crippen LogP contribution is -2.48. The van der Waals surface area contributed by atoms with Crippen molar-refractivity contribution in [2.24, 2.45) is 0 Å². The number of anilines is 1. The minimum Gasteiger partial charge on any atom is -0.360 e. The van der Waals surface area contributed by atoms with Gasteiger partial charge in [0.1, 0.15) is 11.6 Å². The van der Waals surface area contributed by atoms with E-state index in [1.54, 1.807) is 11.0 Å². The SMILES string of the molecule is Cc1cc(Cl)ccc1N/C=C(/C#N)C(=O)N1CCN(Cc2ccccc2)CC1. The third kappa shape index (κ3) is 5.13. The summed E-state index contributed by atoms with van der Waals surface area (Å²) >= 11 is 5.96. The molecule has 0 aliphatic carbocycles. The predicted octanol–water partition coefficient (Wildman–Crippen LogP) is 3.81. The van der Waals surface area contributed by atoms with Gasteiger partial charge >= 0.3 is 0 Å². The fraction of sp³-hybridized carbons (Fsp3) is 0.273. The van der Waals surface area contributed by atoms with Gasteiger partial charge in [-0.05, 0) is 36.2 Å². The van der Waals surface area contributed by atoms with Crippen LogP contribution in [0.4, 0.5) is 5.69 Å². The van der Waals surface area contributed by atoms with Crippen LogP contribution in [0.2, 0.25) is 5.02 Å². The molecule has 1 fully saturated rings. The van der Waals surface area contributed by atoms with E-state index < -0.39 is 0 Å². The molecule has 2 aromatic carbocycles. The standard InChI is InChI=1S/C22H23ClN4O/c1-17-13-20(23)7-8-21(17)25-15-19(14-24)22(28)27-11-9-26(10-12-27)16-18-5-3-2-4-6-18/h2-8,13,15,25H,9-12,16H2,1H3/b19-15-. The van der Waals surface area contributed by atoms with E-state index in [1.807, 2.05) is 43.3 Å². The first kappa shape index (κ1) is 19.9. The average Bonchev–Trinajstić information content (AvgIpc) is 2.71. The molecule has 0 spiro atoms. The summed E-state index contributed by atoms with van der Waals surface area (Å²) in [6.45, 7) is 5.62. The summed E-state index contributed by atoms with van der Waals surface area (Å²) < 4.78 is 0. The second-order valence-electron chi connectivity index (χ2n) is 6.83. The van der Waals surface area contributed by atoms with Gasteiger partial charge < -0.3 is 10.2 Å². The highest BCUT2D eigenvalue weighted by molar-refractivity contribution is 6.30. The van der Waals surface area contributed by atoms with Crippen LogP contribution in [0.1, 0.15) is 11.1 Å². The molecule has 0 unspecified atom stereocenters. The molecule has 2 aromatic rings. The summed E-state index contributed by atoms with van der Waals surface area (Å²) in [7, 11) is 0.